The summed E-state index contributed by atoms with van der Waals surface area (Å²) in [5.74, 6) is -3.97. The fourth-order valence-electron chi connectivity index (χ4n) is 6.28. The lowest BCUT2D eigenvalue weighted by Gasteiger charge is -2.45. The summed E-state index contributed by atoms with van der Waals surface area (Å²) >= 11 is 0. The van der Waals surface area contributed by atoms with E-state index in [0.717, 1.165) is 43.3 Å². The third kappa shape index (κ3) is 6.09. The summed E-state index contributed by atoms with van der Waals surface area (Å²) in [6.07, 6.45) is 10.4. The van der Waals surface area contributed by atoms with Crippen LogP contribution in [0.2, 0.25) is 0 Å². The number of hydrogen-bond donors (Lipinski definition) is 3. The molecule has 5 rings (SSSR count). The monoisotopic (exact) mass is 552 g/mol. The zero-order valence-electron chi connectivity index (χ0n) is 22.6. The van der Waals surface area contributed by atoms with Gasteiger partial charge in [-0.3, -0.25) is 9.59 Å². The van der Waals surface area contributed by atoms with Gasteiger partial charge in [0.25, 0.3) is 0 Å². The van der Waals surface area contributed by atoms with Crippen LogP contribution < -0.4 is 10.6 Å². The molecule has 3 N–H and O–H groups in total. The number of rotatable bonds is 7. The maximum atomic E-state index is 13.5. The summed E-state index contributed by atoms with van der Waals surface area (Å²) in [4.78, 5) is 30.3. The predicted octanol–water partition coefficient (Wildman–Crippen LogP) is 5.41. The number of carbonyl (C=O) groups is 2. The maximum Gasteiger partial charge on any atom is 0.246 e. The normalized spacial score (nSPS) is 21.1. The van der Waals surface area contributed by atoms with Crippen molar-refractivity contribution in [3.05, 3.63) is 77.2 Å². The van der Waals surface area contributed by atoms with Crippen molar-refractivity contribution in [2.45, 2.75) is 62.4 Å². The van der Waals surface area contributed by atoms with Gasteiger partial charge in [-0.15, -0.1) is 0 Å². The van der Waals surface area contributed by atoms with Gasteiger partial charge in [-0.25, -0.2) is 13.2 Å². The second-order valence-electron chi connectivity index (χ2n) is 11.1. The number of benzene rings is 2. The Kier molecular flexibility index (Phi) is 8.30. The van der Waals surface area contributed by atoms with Gasteiger partial charge >= 0.3 is 0 Å². The second kappa shape index (κ2) is 11.9. The molecular formula is C31H35F3N4O2. The number of aromatic nitrogens is 1. The van der Waals surface area contributed by atoms with Crippen LogP contribution in [0.15, 0.2) is 48.7 Å². The van der Waals surface area contributed by atoms with Crippen molar-refractivity contribution in [2.24, 2.45) is 0 Å². The fraction of sp³-hybridized carbons (Fsp3) is 0.419. The number of fused-ring (bicyclic) bond motifs is 1. The van der Waals surface area contributed by atoms with E-state index in [4.69, 9.17) is 0 Å². The third-order valence-electron chi connectivity index (χ3n) is 8.53. The van der Waals surface area contributed by atoms with E-state index in [0.29, 0.717) is 38.3 Å². The standard InChI is InChI=1S/C31H35F3N4O2/c1-35-28(39)18-31(37-22-9-7-21(8-10-22)24-19-36-27-5-3-2-4-23(24)27)12-14-38(15-13-31)29(40)11-6-20-16-25(32)30(34)26(33)17-20/h2-6,11,16-17,19,21-22,36-37H,7-10,12-15,18H2,1H3,(H,35,39). The van der Waals surface area contributed by atoms with Crippen LogP contribution in [0, 0.1) is 17.5 Å². The SMILES string of the molecule is CNC(=O)CC1(NC2CCC(c3c[nH]c4ccccc34)CC2)CCN(C(=O)C=Cc2cc(F)c(F)c(F)c2)CC1. The molecule has 2 heterocycles. The molecule has 0 unspecified atom stereocenters. The minimum absolute atomic E-state index is 0.0417. The number of hydrogen-bond acceptors (Lipinski definition) is 3. The highest BCUT2D eigenvalue weighted by Crippen LogP contribution is 2.38. The van der Waals surface area contributed by atoms with E-state index >= 15 is 0 Å². The van der Waals surface area contributed by atoms with E-state index in [2.05, 4.69) is 40.0 Å². The molecule has 0 bridgehead atoms. The van der Waals surface area contributed by atoms with E-state index in [1.807, 2.05) is 6.07 Å². The Morgan fingerprint density at radius 2 is 1.73 bits per heavy atom. The Morgan fingerprint density at radius 1 is 1.05 bits per heavy atom. The zero-order chi connectivity index (χ0) is 28.3. The molecule has 0 radical (unpaired) electrons. The van der Waals surface area contributed by atoms with E-state index in [1.165, 1.54) is 23.1 Å². The number of nitrogens with zero attached hydrogens (tertiary/aromatic N) is 1. The molecule has 2 aromatic carbocycles. The number of carbonyl (C=O) groups excluding carboxylic acids is 2. The number of piperidine rings is 1. The summed E-state index contributed by atoms with van der Waals surface area (Å²) in [7, 11) is 1.63. The van der Waals surface area contributed by atoms with Gasteiger partial charge in [0, 0.05) is 61.3 Å². The highest BCUT2D eigenvalue weighted by Gasteiger charge is 2.39. The highest BCUT2D eigenvalue weighted by molar-refractivity contribution is 5.92. The van der Waals surface area contributed by atoms with Crippen LogP contribution >= 0.6 is 0 Å². The predicted molar refractivity (Wildman–Crippen MR) is 149 cm³/mol. The van der Waals surface area contributed by atoms with Gasteiger partial charge < -0.3 is 20.5 Å². The molecule has 1 aliphatic carbocycles. The van der Waals surface area contributed by atoms with Crippen LogP contribution in [0.25, 0.3) is 17.0 Å². The van der Waals surface area contributed by atoms with Gasteiger partial charge in [0.05, 0.1) is 0 Å². The first-order chi connectivity index (χ1) is 19.3. The molecule has 40 heavy (non-hydrogen) atoms. The summed E-state index contributed by atoms with van der Waals surface area (Å²) in [6, 6.07) is 10.4. The van der Waals surface area contributed by atoms with E-state index in [1.54, 1.807) is 11.9 Å². The minimum Gasteiger partial charge on any atom is -0.361 e. The molecule has 2 fully saturated rings. The number of amides is 2. The van der Waals surface area contributed by atoms with E-state index < -0.39 is 23.0 Å². The Morgan fingerprint density at radius 3 is 2.40 bits per heavy atom. The molecular weight excluding hydrogens is 517 g/mol. The third-order valence-corrected chi connectivity index (χ3v) is 8.53. The molecule has 1 saturated heterocycles. The number of nitrogens with one attached hydrogen (secondary N) is 3. The van der Waals surface area contributed by atoms with Gasteiger partial charge in [-0.05, 0) is 79.8 Å². The van der Waals surface area contributed by atoms with Crippen LogP contribution in [0.4, 0.5) is 13.2 Å². The lowest BCUT2D eigenvalue weighted by atomic mass is 9.78. The molecule has 1 aliphatic heterocycles. The summed E-state index contributed by atoms with van der Waals surface area (Å²) in [5, 5.41) is 7.86. The molecule has 9 heteroatoms. The highest BCUT2D eigenvalue weighted by atomic mass is 19.2. The number of halogens is 3. The summed E-state index contributed by atoms with van der Waals surface area (Å²) in [5.41, 5.74) is 2.19. The number of aromatic amines is 1. The van der Waals surface area contributed by atoms with E-state index in [9.17, 15) is 22.8 Å². The smallest absolute Gasteiger partial charge is 0.246 e. The Hall–Kier alpha value is -3.59. The molecule has 0 spiro atoms. The zero-order valence-corrected chi connectivity index (χ0v) is 22.6. The molecule has 212 valence electrons. The molecule has 1 saturated carbocycles. The van der Waals surface area contributed by atoms with Crippen LogP contribution in [0.5, 0.6) is 0 Å². The first kappa shape index (κ1) is 28.0. The van der Waals surface area contributed by atoms with Crippen LogP contribution in [0.3, 0.4) is 0 Å². The lowest BCUT2D eigenvalue weighted by molar-refractivity contribution is -0.128. The molecule has 2 amide bonds. The maximum absolute atomic E-state index is 13.5. The van der Waals surface area contributed by atoms with Crippen molar-refractivity contribution in [3.8, 4) is 0 Å². The second-order valence-corrected chi connectivity index (χ2v) is 11.1. The molecule has 1 aromatic heterocycles. The quantitative estimate of drug-likeness (QED) is 0.271. The molecule has 2 aliphatic rings. The largest absolute Gasteiger partial charge is 0.361 e. The van der Waals surface area contributed by atoms with Crippen molar-refractivity contribution < 1.29 is 22.8 Å². The minimum atomic E-state index is -1.54. The Bertz CT molecular complexity index is 1380. The summed E-state index contributed by atoms with van der Waals surface area (Å²) in [6.45, 7) is 0.897. The van der Waals surface area contributed by atoms with Gasteiger partial charge in [-0.1, -0.05) is 18.2 Å². The average Bonchev–Trinajstić information content (AvgIpc) is 3.39. The van der Waals surface area contributed by atoms with Gasteiger partial charge in [0.1, 0.15) is 0 Å². The Labute approximate surface area is 232 Å². The lowest BCUT2D eigenvalue weighted by Crippen LogP contribution is -2.59. The topological polar surface area (TPSA) is 77.2 Å². The number of para-hydroxylation sites is 1. The molecule has 0 atom stereocenters. The van der Waals surface area contributed by atoms with Crippen LogP contribution in [0.1, 0.15) is 62.0 Å². The summed E-state index contributed by atoms with van der Waals surface area (Å²) < 4.78 is 40.2. The van der Waals surface area contributed by atoms with E-state index in [-0.39, 0.29) is 23.4 Å². The molecule has 6 nitrogen and oxygen atoms in total. The molecule has 3 aromatic rings. The van der Waals surface area contributed by atoms with Crippen molar-refractivity contribution in [2.75, 3.05) is 20.1 Å². The van der Waals surface area contributed by atoms with Crippen molar-refractivity contribution in [1.29, 1.82) is 0 Å². The van der Waals surface area contributed by atoms with Crippen molar-refractivity contribution in [3.63, 3.8) is 0 Å². The van der Waals surface area contributed by atoms with Gasteiger partial charge in [-0.2, -0.15) is 0 Å². The first-order valence-corrected chi connectivity index (χ1v) is 13.9. The Balaban J connectivity index is 1.20. The van der Waals surface area contributed by atoms with Gasteiger partial charge in [0.2, 0.25) is 11.8 Å². The van der Waals surface area contributed by atoms with Crippen LogP contribution in [-0.4, -0.2) is 53.4 Å². The van der Waals surface area contributed by atoms with Crippen molar-refractivity contribution in [1.82, 2.24) is 20.5 Å². The number of likely N-dealkylation sites (tertiary alicyclic amines) is 1. The van der Waals surface area contributed by atoms with Crippen molar-refractivity contribution >= 4 is 28.8 Å². The average molecular weight is 553 g/mol. The van der Waals surface area contributed by atoms with Crippen LogP contribution in [-0.2, 0) is 9.59 Å². The van der Waals surface area contributed by atoms with Gasteiger partial charge in [0.15, 0.2) is 17.5 Å². The fourth-order valence-corrected chi connectivity index (χ4v) is 6.28. The first-order valence-electron chi connectivity index (χ1n) is 13.9. The number of H-pyrrole nitrogens is 1.